The van der Waals surface area contributed by atoms with Crippen LogP contribution in [0.25, 0.3) is 0 Å². The van der Waals surface area contributed by atoms with Gasteiger partial charge in [0.15, 0.2) is 0 Å². The Labute approximate surface area is 68.6 Å². The van der Waals surface area contributed by atoms with Crippen LogP contribution >= 0.6 is 0 Å². The summed E-state index contributed by atoms with van der Waals surface area (Å²) in [5.74, 6) is 0.764. The average molecular weight is 155 g/mol. The molecule has 0 amide bonds. The number of hydroxylamine groups is 1. The molecule has 64 valence electrons. The van der Waals surface area contributed by atoms with Crippen molar-refractivity contribution in [1.82, 2.24) is 5.48 Å². The van der Waals surface area contributed by atoms with Gasteiger partial charge in [0, 0.05) is 6.04 Å². The van der Waals surface area contributed by atoms with Crippen molar-refractivity contribution in [1.29, 1.82) is 0 Å². The number of nitrogens with one attached hydrogen (secondary N) is 1. The van der Waals surface area contributed by atoms with Crippen molar-refractivity contribution in [3.8, 4) is 0 Å². The Kier molecular flexibility index (Phi) is 3.60. The third-order valence-electron chi connectivity index (χ3n) is 2.30. The molecule has 1 aliphatic carbocycles. The van der Waals surface area contributed by atoms with E-state index < -0.39 is 0 Å². The molecule has 2 unspecified atom stereocenters. The van der Waals surface area contributed by atoms with Crippen LogP contribution in [0.1, 0.15) is 26.2 Å². The summed E-state index contributed by atoms with van der Waals surface area (Å²) in [5.41, 5.74) is 3.06. The van der Waals surface area contributed by atoms with E-state index in [4.69, 9.17) is 4.84 Å². The summed E-state index contributed by atoms with van der Waals surface area (Å²) in [6, 6.07) is 0.565. The van der Waals surface area contributed by atoms with E-state index in [2.05, 4.69) is 19.0 Å². The molecule has 0 heterocycles. The monoisotopic (exact) mass is 155 g/mol. The van der Waals surface area contributed by atoms with Crippen LogP contribution in [0.5, 0.6) is 0 Å². The summed E-state index contributed by atoms with van der Waals surface area (Å²) in [5, 5.41) is 0. The zero-order valence-electron chi connectivity index (χ0n) is 7.18. The second-order valence-corrected chi connectivity index (χ2v) is 3.23. The molecule has 1 rings (SSSR count). The SMILES string of the molecule is C=CCONC1CCCC1C. The van der Waals surface area contributed by atoms with Crippen LogP contribution in [-0.4, -0.2) is 12.6 Å². The largest absolute Gasteiger partial charge is 0.297 e. The Bertz CT molecular complexity index is 125. The molecule has 2 nitrogen and oxygen atoms in total. The van der Waals surface area contributed by atoms with E-state index in [-0.39, 0.29) is 0 Å². The topological polar surface area (TPSA) is 21.3 Å². The van der Waals surface area contributed by atoms with Crippen LogP contribution < -0.4 is 5.48 Å². The maximum absolute atomic E-state index is 5.17. The number of rotatable bonds is 4. The molecular formula is C9H17NO. The van der Waals surface area contributed by atoms with Gasteiger partial charge in [0.2, 0.25) is 0 Å². The summed E-state index contributed by atoms with van der Waals surface area (Å²) in [6.07, 6.45) is 5.66. The Morgan fingerprint density at radius 1 is 1.64 bits per heavy atom. The predicted octanol–water partition coefficient (Wildman–Crippen LogP) is 1.88. The van der Waals surface area contributed by atoms with Crippen LogP contribution in [-0.2, 0) is 4.84 Å². The number of hydrogen-bond acceptors (Lipinski definition) is 2. The van der Waals surface area contributed by atoms with Crippen molar-refractivity contribution < 1.29 is 4.84 Å². The van der Waals surface area contributed by atoms with Crippen LogP contribution in [0.3, 0.4) is 0 Å². The van der Waals surface area contributed by atoms with E-state index >= 15 is 0 Å². The van der Waals surface area contributed by atoms with E-state index in [0.29, 0.717) is 12.6 Å². The van der Waals surface area contributed by atoms with Gasteiger partial charge in [-0.05, 0) is 18.8 Å². The summed E-state index contributed by atoms with van der Waals surface area (Å²) in [7, 11) is 0. The lowest BCUT2D eigenvalue weighted by Crippen LogP contribution is -2.31. The van der Waals surface area contributed by atoms with E-state index in [1.165, 1.54) is 19.3 Å². The fourth-order valence-corrected chi connectivity index (χ4v) is 1.53. The quantitative estimate of drug-likeness (QED) is 0.380. The minimum absolute atomic E-state index is 0.565. The molecule has 1 fully saturated rings. The van der Waals surface area contributed by atoms with Gasteiger partial charge in [0.1, 0.15) is 0 Å². The molecule has 0 saturated heterocycles. The van der Waals surface area contributed by atoms with Crippen LogP contribution in [0, 0.1) is 5.92 Å². The highest BCUT2D eigenvalue weighted by atomic mass is 16.6. The standard InChI is InChI=1S/C9H17NO/c1-3-7-11-10-9-6-4-5-8(9)2/h3,8-10H,1,4-7H2,2H3. The van der Waals surface area contributed by atoms with Gasteiger partial charge in [0.25, 0.3) is 0 Å². The van der Waals surface area contributed by atoms with Crippen LogP contribution in [0.4, 0.5) is 0 Å². The Hall–Kier alpha value is -0.340. The molecule has 2 heteroatoms. The molecule has 0 radical (unpaired) electrons. The van der Waals surface area contributed by atoms with Gasteiger partial charge in [-0.2, -0.15) is 5.48 Å². The second-order valence-electron chi connectivity index (χ2n) is 3.23. The van der Waals surface area contributed by atoms with Crippen molar-refractivity contribution >= 4 is 0 Å². The Morgan fingerprint density at radius 3 is 3.00 bits per heavy atom. The summed E-state index contributed by atoms with van der Waals surface area (Å²) in [6.45, 7) is 6.45. The maximum Gasteiger partial charge on any atom is 0.0861 e. The first-order valence-electron chi connectivity index (χ1n) is 4.33. The zero-order chi connectivity index (χ0) is 8.10. The lowest BCUT2D eigenvalue weighted by molar-refractivity contribution is 0.0267. The van der Waals surface area contributed by atoms with Gasteiger partial charge in [-0.3, -0.25) is 4.84 Å². The molecule has 1 saturated carbocycles. The van der Waals surface area contributed by atoms with Gasteiger partial charge in [-0.1, -0.05) is 19.4 Å². The molecule has 0 spiro atoms. The molecule has 0 aromatic carbocycles. The first-order valence-corrected chi connectivity index (χ1v) is 4.33. The first-order chi connectivity index (χ1) is 5.34. The molecule has 2 atom stereocenters. The lowest BCUT2D eigenvalue weighted by Gasteiger charge is -2.15. The normalized spacial score (nSPS) is 30.6. The predicted molar refractivity (Wildman–Crippen MR) is 46.1 cm³/mol. The van der Waals surface area contributed by atoms with Crippen molar-refractivity contribution in [3.05, 3.63) is 12.7 Å². The zero-order valence-corrected chi connectivity index (χ0v) is 7.18. The maximum atomic E-state index is 5.17. The smallest absolute Gasteiger partial charge is 0.0861 e. The molecule has 1 N–H and O–H groups in total. The van der Waals surface area contributed by atoms with E-state index in [1.54, 1.807) is 6.08 Å². The summed E-state index contributed by atoms with van der Waals surface area (Å²) < 4.78 is 0. The second kappa shape index (κ2) is 4.52. The molecular weight excluding hydrogens is 138 g/mol. The minimum Gasteiger partial charge on any atom is -0.297 e. The van der Waals surface area contributed by atoms with E-state index in [1.807, 2.05) is 0 Å². The molecule has 1 aliphatic rings. The Balaban J connectivity index is 2.10. The van der Waals surface area contributed by atoms with Crippen LogP contribution in [0.15, 0.2) is 12.7 Å². The summed E-state index contributed by atoms with van der Waals surface area (Å²) >= 11 is 0. The fraction of sp³-hybridized carbons (Fsp3) is 0.778. The third-order valence-corrected chi connectivity index (χ3v) is 2.30. The van der Waals surface area contributed by atoms with Crippen molar-refractivity contribution in [2.45, 2.75) is 32.2 Å². The molecule has 0 bridgehead atoms. The van der Waals surface area contributed by atoms with E-state index in [9.17, 15) is 0 Å². The average Bonchev–Trinajstić information content (AvgIpc) is 2.37. The fourth-order valence-electron chi connectivity index (χ4n) is 1.53. The lowest BCUT2D eigenvalue weighted by atomic mass is 10.1. The van der Waals surface area contributed by atoms with Gasteiger partial charge < -0.3 is 0 Å². The highest BCUT2D eigenvalue weighted by Gasteiger charge is 2.22. The molecule has 0 aromatic rings. The van der Waals surface area contributed by atoms with E-state index in [0.717, 1.165) is 5.92 Å². The minimum atomic E-state index is 0.565. The van der Waals surface area contributed by atoms with Crippen molar-refractivity contribution in [2.24, 2.45) is 5.92 Å². The highest BCUT2D eigenvalue weighted by molar-refractivity contribution is 4.77. The van der Waals surface area contributed by atoms with Gasteiger partial charge in [-0.15, -0.1) is 6.58 Å². The number of hydrogen-bond donors (Lipinski definition) is 1. The van der Waals surface area contributed by atoms with Crippen LogP contribution in [0.2, 0.25) is 0 Å². The highest BCUT2D eigenvalue weighted by Crippen LogP contribution is 2.24. The van der Waals surface area contributed by atoms with Crippen molar-refractivity contribution in [2.75, 3.05) is 6.61 Å². The summed E-state index contributed by atoms with van der Waals surface area (Å²) in [4.78, 5) is 5.17. The molecule has 0 aromatic heterocycles. The third kappa shape index (κ3) is 2.64. The van der Waals surface area contributed by atoms with Gasteiger partial charge >= 0.3 is 0 Å². The van der Waals surface area contributed by atoms with Gasteiger partial charge in [-0.25, -0.2) is 0 Å². The Morgan fingerprint density at radius 2 is 2.45 bits per heavy atom. The van der Waals surface area contributed by atoms with Gasteiger partial charge in [0.05, 0.1) is 6.61 Å². The van der Waals surface area contributed by atoms with Crippen molar-refractivity contribution in [3.63, 3.8) is 0 Å². The molecule has 0 aliphatic heterocycles. The molecule has 11 heavy (non-hydrogen) atoms. The first kappa shape index (κ1) is 8.75.